The van der Waals surface area contributed by atoms with E-state index in [-0.39, 0.29) is 11.9 Å². The Hall–Kier alpha value is -2.27. The molecule has 1 saturated carbocycles. The molecule has 1 aliphatic heterocycles. The molecule has 0 saturated heterocycles. The SMILES string of the molecule is CCc1ncc2c(n1)CN([C@@H](C(=O)NC1CC1)c1ccccc1)CC2. The maximum absolute atomic E-state index is 12.9. The second-order valence-corrected chi connectivity index (χ2v) is 6.93. The van der Waals surface area contributed by atoms with E-state index in [9.17, 15) is 4.79 Å². The van der Waals surface area contributed by atoms with Crippen LogP contribution in [0.1, 0.15) is 48.5 Å². The monoisotopic (exact) mass is 336 g/mol. The van der Waals surface area contributed by atoms with Crippen LogP contribution in [0.5, 0.6) is 0 Å². The highest BCUT2D eigenvalue weighted by molar-refractivity contribution is 5.83. The summed E-state index contributed by atoms with van der Waals surface area (Å²) in [4.78, 5) is 24.3. The number of hydrogen-bond acceptors (Lipinski definition) is 4. The van der Waals surface area contributed by atoms with Crippen molar-refractivity contribution < 1.29 is 4.79 Å². The number of rotatable bonds is 5. The van der Waals surface area contributed by atoms with Crippen molar-refractivity contribution in [2.45, 2.75) is 51.2 Å². The summed E-state index contributed by atoms with van der Waals surface area (Å²) in [5.74, 6) is 0.987. The highest BCUT2D eigenvalue weighted by Gasteiger charge is 2.34. The molecule has 1 atom stereocenters. The third-order valence-electron chi connectivity index (χ3n) is 4.99. The average Bonchev–Trinajstić information content (AvgIpc) is 3.46. The number of nitrogens with one attached hydrogen (secondary N) is 1. The predicted molar refractivity (Wildman–Crippen MR) is 95.9 cm³/mol. The van der Waals surface area contributed by atoms with Crippen LogP contribution in [0.3, 0.4) is 0 Å². The summed E-state index contributed by atoms with van der Waals surface area (Å²) >= 11 is 0. The minimum atomic E-state index is -0.255. The molecular formula is C20H24N4O. The number of carbonyl (C=O) groups is 1. The lowest BCUT2D eigenvalue weighted by Gasteiger charge is -2.34. The number of fused-ring (bicyclic) bond motifs is 1. The van der Waals surface area contributed by atoms with Gasteiger partial charge in [0.15, 0.2) is 0 Å². The Morgan fingerprint density at radius 3 is 2.84 bits per heavy atom. The molecule has 2 aromatic rings. The molecule has 2 aliphatic rings. The van der Waals surface area contributed by atoms with E-state index in [2.05, 4.69) is 22.1 Å². The lowest BCUT2D eigenvalue weighted by molar-refractivity contribution is -0.127. The van der Waals surface area contributed by atoms with Crippen LogP contribution in [0.15, 0.2) is 36.5 Å². The molecule has 25 heavy (non-hydrogen) atoms. The molecule has 0 bridgehead atoms. The molecule has 0 radical (unpaired) electrons. The van der Waals surface area contributed by atoms with Gasteiger partial charge in [-0.3, -0.25) is 9.69 Å². The smallest absolute Gasteiger partial charge is 0.242 e. The van der Waals surface area contributed by atoms with Gasteiger partial charge in [-0.15, -0.1) is 0 Å². The Bertz CT molecular complexity index is 758. The van der Waals surface area contributed by atoms with Gasteiger partial charge < -0.3 is 5.32 Å². The highest BCUT2D eigenvalue weighted by atomic mass is 16.2. The minimum absolute atomic E-state index is 0.113. The van der Waals surface area contributed by atoms with Gasteiger partial charge in [0.05, 0.1) is 5.69 Å². The fourth-order valence-electron chi connectivity index (χ4n) is 3.43. The van der Waals surface area contributed by atoms with Crippen LogP contribution in [-0.4, -0.2) is 33.4 Å². The summed E-state index contributed by atoms with van der Waals surface area (Å²) in [7, 11) is 0. The van der Waals surface area contributed by atoms with Gasteiger partial charge in [-0.25, -0.2) is 9.97 Å². The van der Waals surface area contributed by atoms with Crippen LogP contribution in [0, 0.1) is 0 Å². The Morgan fingerprint density at radius 2 is 2.12 bits per heavy atom. The van der Waals surface area contributed by atoms with Crippen LogP contribution in [-0.2, 0) is 24.2 Å². The predicted octanol–water partition coefficient (Wildman–Crippen LogP) is 2.42. The molecule has 2 heterocycles. The fraction of sp³-hybridized carbons (Fsp3) is 0.450. The van der Waals surface area contributed by atoms with Crippen LogP contribution in [0.4, 0.5) is 0 Å². The maximum Gasteiger partial charge on any atom is 0.242 e. The first-order chi connectivity index (χ1) is 12.2. The van der Waals surface area contributed by atoms with Gasteiger partial charge in [-0.2, -0.15) is 0 Å². The van der Waals surface area contributed by atoms with Gasteiger partial charge in [0.25, 0.3) is 0 Å². The number of aromatic nitrogens is 2. The fourth-order valence-corrected chi connectivity index (χ4v) is 3.43. The van der Waals surface area contributed by atoms with Crippen molar-refractivity contribution in [3.8, 4) is 0 Å². The third kappa shape index (κ3) is 3.56. The molecule has 1 aliphatic carbocycles. The normalized spacial score (nSPS) is 18.4. The van der Waals surface area contributed by atoms with Gasteiger partial charge in [-0.05, 0) is 30.4 Å². The summed E-state index contributed by atoms with van der Waals surface area (Å²) in [6.07, 6.45) is 5.88. The van der Waals surface area contributed by atoms with E-state index in [1.54, 1.807) is 0 Å². The second kappa shape index (κ2) is 6.92. The number of nitrogens with zero attached hydrogens (tertiary/aromatic N) is 3. The van der Waals surface area contributed by atoms with E-state index in [1.807, 2.05) is 36.5 Å². The number of aryl methyl sites for hydroxylation is 1. The highest BCUT2D eigenvalue weighted by Crippen LogP contribution is 2.29. The van der Waals surface area contributed by atoms with Gasteiger partial charge in [0.2, 0.25) is 5.91 Å². The molecule has 1 aromatic heterocycles. The zero-order valence-electron chi connectivity index (χ0n) is 14.6. The molecule has 1 aromatic carbocycles. The van der Waals surface area contributed by atoms with Crippen LogP contribution >= 0.6 is 0 Å². The van der Waals surface area contributed by atoms with E-state index in [4.69, 9.17) is 4.98 Å². The quantitative estimate of drug-likeness (QED) is 0.911. The van der Waals surface area contributed by atoms with Crippen molar-refractivity contribution in [2.75, 3.05) is 6.54 Å². The Kier molecular flexibility index (Phi) is 4.49. The molecular weight excluding hydrogens is 312 g/mol. The zero-order valence-corrected chi connectivity index (χ0v) is 14.6. The first-order valence-electron chi connectivity index (χ1n) is 9.17. The Morgan fingerprint density at radius 1 is 1.32 bits per heavy atom. The molecule has 1 fully saturated rings. The lowest BCUT2D eigenvalue weighted by Crippen LogP contribution is -2.43. The van der Waals surface area contributed by atoms with Crippen molar-refractivity contribution in [1.29, 1.82) is 0 Å². The van der Waals surface area contributed by atoms with Gasteiger partial charge in [-0.1, -0.05) is 37.3 Å². The first kappa shape index (κ1) is 16.2. The van der Waals surface area contributed by atoms with Crippen LogP contribution in [0.2, 0.25) is 0 Å². The first-order valence-corrected chi connectivity index (χ1v) is 9.17. The summed E-state index contributed by atoms with van der Waals surface area (Å²) in [5, 5.41) is 3.18. The molecule has 0 spiro atoms. The van der Waals surface area contributed by atoms with Crippen molar-refractivity contribution in [3.05, 3.63) is 59.2 Å². The van der Waals surface area contributed by atoms with E-state index in [0.717, 1.165) is 49.3 Å². The molecule has 1 N–H and O–H groups in total. The summed E-state index contributed by atoms with van der Waals surface area (Å²) in [6.45, 7) is 3.61. The summed E-state index contributed by atoms with van der Waals surface area (Å²) in [6, 6.07) is 10.2. The molecule has 1 amide bonds. The number of benzene rings is 1. The molecule has 0 unspecified atom stereocenters. The second-order valence-electron chi connectivity index (χ2n) is 6.93. The van der Waals surface area contributed by atoms with Crippen molar-refractivity contribution in [3.63, 3.8) is 0 Å². The summed E-state index contributed by atoms with van der Waals surface area (Å²) < 4.78 is 0. The lowest BCUT2D eigenvalue weighted by atomic mass is 9.99. The minimum Gasteiger partial charge on any atom is -0.352 e. The molecule has 130 valence electrons. The zero-order chi connectivity index (χ0) is 17.2. The van der Waals surface area contributed by atoms with Crippen molar-refractivity contribution in [2.24, 2.45) is 0 Å². The van der Waals surface area contributed by atoms with E-state index < -0.39 is 0 Å². The van der Waals surface area contributed by atoms with Gasteiger partial charge in [0, 0.05) is 31.7 Å². The Labute approximate surface area is 148 Å². The number of hydrogen-bond donors (Lipinski definition) is 1. The molecule has 5 nitrogen and oxygen atoms in total. The van der Waals surface area contributed by atoms with E-state index >= 15 is 0 Å². The van der Waals surface area contributed by atoms with Gasteiger partial charge >= 0.3 is 0 Å². The molecule has 4 rings (SSSR count). The largest absolute Gasteiger partial charge is 0.352 e. The Balaban J connectivity index is 1.61. The van der Waals surface area contributed by atoms with E-state index in [0.29, 0.717) is 12.6 Å². The number of amides is 1. The number of carbonyl (C=O) groups excluding carboxylic acids is 1. The third-order valence-corrected chi connectivity index (χ3v) is 4.99. The van der Waals surface area contributed by atoms with Crippen molar-refractivity contribution in [1.82, 2.24) is 20.2 Å². The van der Waals surface area contributed by atoms with Crippen LogP contribution < -0.4 is 5.32 Å². The van der Waals surface area contributed by atoms with Crippen molar-refractivity contribution >= 4 is 5.91 Å². The topological polar surface area (TPSA) is 58.1 Å². The standard InChI is InChI=1S/C20H24N4O/c1-2-18-21-12-15-10-11-24(13-17(15)23-18)19(14-6-4-3-5-7-14)20(25)22-16-8-9-16/h3-7,12,16,19H,2,8-11,13H2,1H3,(H,22,25)/t19-/m1/s1. The van der Waals surface area contributed by atoms with Gasteiger partial charge in [0.1, 0.15) is 11.9 Å². The summed E-state index contributed by atoms with van der Waals surface area (Å²) in [5.41, 5.74) is 3.33. The van der Waals surface area contributed by atoms with E-state index in [1.165, 1.54) is 5.56 Å². The maximum atomic E-state index is 12.9. The molecule has 5 heteroatoms. The average molecular weight is 336 g/mol. The van der Waals surface area contributed by atoms with Crippen LogP contribution in [0.25, 0.3) is 0 Å².